The van der Waals surface area contributed by atoms with E-state index in [1.165, 1.54) is 12.8 Å². The highest BCUT2D eigenvalue weighted by Gasteiger charge is 2.30. The molecular formula is C22H35N3O2. The molecule has 0 saturated heterocycles. The molecule has 0 heterocycles. The molecule has 0 aromatic heterocycles. The highest BCUT2D eigenvalue weighted by atomic mass is 16.2. The number of rotatable bonds is 6. The maximum absolute atomic E-state index is 12.7. The Labute approximate surface area is 163 Å². The number of carbonyl (C=O) groups is 2. The summed E-state index contributed by atoms with van der Waals surface area (Å²) in [6, 6.07) is 5.83. The lowest BCUT2D eigenvalue weighted by Gasteiger charge is -2.36. The minimum Gasteiger partial charge on any atom is -0.352 e. The minimum atomic E-state index is -0.349. The molecule has 5 heteroatoms. The molecule has 1 aliphatic carbocycles. The standard InChI is InChI=1S/C22H35N3O2/c1-14-9-8-12-19(17(14)4)23-22(27)18(5)25(6)13-20(26)24-21-15(2)10-7-11-16(21)3/h7,10-11,14,17-19H,8-9,12-13H2,1-6H3,(H,23,27)(H,24,26)/t14-,17-,18-,19+/m0/s1. The Kier molecular flexibility index (Phi) is 7.42. The van der Waals surface area contributed by atoms with E-state index in [4.69, 9.17) is 0 Å². The molecule has 2 N–H and O–H groups in total. The summed E-state index contributed by atoms with van der Waals surface area (Å²) in [5.74, 6) is 1.03. The van der Waals surface area contributed by atoms with E-state index in [2.05, 4.69) is 24.5 Å². The number of para-hydroxylation sites is 1. The lowest BCUT2D eigenvalue weighted by atomic mass is 9.78. The fourth-order valence-electron chi connectivity index (χ4n) is 3.84. The van der Waals surface area contributed by atoms with Crippen molar-refractivity contribution in [2.24, 2.45) is 11.8 Å². The first-order chi connectivity index (χ1) is 12.7. The molecule has 27 heavy (non-hydrogen) atoms. The summed E-state index contributed by atoms with van der Waals surface area (Å²) in [4.78, 5) is 26.9. The number of benzene rings is 1. The highest BCUT2D eigenvalue weighted by Crippen LogP contribution is 2.29. The third-order valence-electron chi connectivity index (χ3n) is 6.21. The first-order valence-electron chi connectivity index (χ1n) is 10.1. The van der Waals surface area contributed by atoms with Crippen molar-refractivity contribution >= 4 is 17.5 Å². The van der Waals surface area contributed by atoms with Crippen LogP contribution < -0.4 is 10.6 Å². The summed E-state index contributed by atoms with van der Waals surface area (Å²) in [6.45, 7) is 10.5. The third-order valence-corrected chi connectivity index (χ3v) is 6.21. The van der Waals surface area contributed by atoms with Crippen LogP contribution in [0.25, 0.3) is 0 Å². The molecule has 150 valence electrons. The zero-order valence-electron chi connectivity index (χ0n) is 17.6. The Hall–Kier alpha value is -1.88. The van der Waals surface area contributed by atoms with Gasteiger partial charge < -0.3 is 10.6 Å². The SMILES string of the molecule is Cc1cccc(C)c1NC(=O)CN(C)[C@@H](C)C(=O)N[C@@H]1CCC[C@H](C)[C@@H]1C. The second kappa shape index (κ2) is 9.36. The number of hydrogen-bond donors (Lipinski definition) is 2. The van der Waals surface area contributed by atoms with Crippen molar-refractivity contribution in [3.63, 3.8) is 0 Å². The van der Waals surface area contributed by atoms with Crippen LogP contribution in [0.1, 0.15) is 51.2 Å². The summed E-state index contributed by atoms with van der Waals surface area (Å²) in [5.41, 5.74) is 2.94. The lowest BCUT2D eigenvalue weighted by molar-refractivity contribution is -0.127. The second-order valence-corrected chi connectivity index (χ2v) is 8.29. The van der Waals surface area contributed by atoms with Crippen LogP contribution in [0.15, 0.2) is 18.2 Å². The van der Waals surface area contributed by atoms with Gasteiger partial charge in [0.1, 0.15) is 0 Å². The quantitative estimate of drug-likeness (QED) is 0.802. The van der Waals surface area contributed by atoms with E-state index < -0.39 is 0 Å². The summed E-state index contributed by atoms with van der Waals surface area (Å²) in [7, 11) is 1.82. The van der Waals surface area contributed by atoms with Gasteiger partial charge in [-0.2, -0.15) is 0 Å². The highest BCUT2D eigenvalue weighted by molar-refractivity contribution is 5.94. The van der Waals surface area contributed by atoms with E-state index >= 15 is 0 Å². The molecule has 1 aromatic carbocycles. The topological polar surface area (TPSA) is 61.4 Å². The van der Waals surface area contributed by atoms with Gasteiger partial charge in [0.15, 0.2) is 0 Å². The zero-order valence-corrected chi connectivity index (χ0v) is 17.6. The molecule has 0 spiro atoms. The van der Waals surface area contributed by atoms with E-state index in [-0.39, 0.29) is 30.4 Å². The van der Waals surface area contributed by atoms with Crippen LogP contribution in [0.5, 0.6) is 0 Å². The van der Waals surface area contributed by atoms with Crippen LogP contribution in [0.2, 0.25) is 0 Å². The van der Waals surface area contributed by atoms with Gasteiger partial charge in [0.2, 0.25) is 11.8 Å². The van der Waals surface area contributed by atoms with E-state index in [1.807, 2.05) is 46.0 Å². The van der Waals surface area contributed by atoms with Crippen LogP contribution in [0.4, 0.5) is 5.69 Å². The van der Waals surface area contributed by atoms with Crippen molar-refractivity contribution in [1.29, 1.82) is 0 Å². The Bertz CT molecular complexity index is 653. The predicted octanol–water partition coefficient (Wildman–Crippen LogP) is 3.50. The van der Waals surface area contributed by atoms with Crippen LogP contribution in [0, 0.1) is 25.7 Å². The van der Waals surface area contributed by atoms with Crippen molar-refractivity contribution in [2.75, 3.05) is 18.9 Å². The van der Waals surface area contributed by atoms with Crippen molar-refractivity contribution in [3.8, 4) is 0 Å². The molecule has 2 rings (SSSR count). The monoisotopic (exact) mass is 373 g/mol. The van der Waals surface area contributed by atoms with E-state index in [0.717, 1.165) is 23.2 Å². The maximum Gasteiger partial charge on any atom is 0.238 e. The van der Waals surface area contributed by atoms with Crippen LogP contribution in [-0.4, -0.2) is 42.4 Å². The molecule has 0 unspecified atom stereocenters. The Morgan fingerprint density at radius 1 is 1.19 bits per heavy atom. The van der Waals surface area contributed by atoms with Crippen LogP contribution >= 0.6 is 0 Å². The number of amides is 2. The van der Waals surface area contributed by atoms with Crippen LogP contribution in [-0.2, 0) is 9.59 Å². The van der Waals surface area contributed by atoms with Gasteiger partial charge in [0.25, 0.3) is 0 Å². The second-order valence-electron chi connectivity index (χ2n) is 8.29. The normalized spacial score (nSPS) is 23.7. The van der Waals surface area contributed by atoms with Gasteiger partial charge in [-0.3, -0.25) is 14.5 Å². The first kappa shape index (κ1) is 21.4. The molecule has 0 bridgehead atoms. The van der Waals surface area contributed by atoms with Crippen molar-refractivity contribution in [3.05, 3.63) is 29.3 Å². The van der Waals surface area contributed by atoms with Crippen molar-refractivity contribution < 1.29 is 9.59 Å². The average Bonchev–Trinajstić information content (AvgIpc) is 2.61. The zero-order chi connectivity index (χ0) is 20.1. The summed E-state index contributed by atoms with van der Waals surface area (Å²) in [5, 5.41) is 6.19. The maximum atomic E-state index is 12.7. The predicted molar refractivity (Wildman–Crippen MR) is 111 cm³/mol. The molecule has 1 aliphatic rings. The molecule has 5 nitrogen and oxygen atoms in total. The van der Waals surface area contributed by atoms with Crippen molar-refractivity contribution in [1.82, 2.24) is 10.2 Å². The van der Waals surface area contributed by atoms with Gasteiger partial charge >= 0.3 is 0 Å². The Balaban J connectivity index is 1.89. The van der Waals surface area contributed by atoms with Gasteiger partial charge in [-0.25, -0.2) is 0 Å². The lowest BCUT2D eigenvalue weighted by Crippen LogP contribution is -2.51. The Morgan fingerprint density at radius 3 is 2.44 bits per heavy atom. The molecule has 2 amide bonds. The number of nitrogens with one attached hydrogen (secondary N) is 2. The van der Waals surface area contributed by atoms with Gasteiger partial charge in [-0.05, 0) is 57.2 Å². The largest absolute Gasteiger partial charge is 0.352 e. The van der Waals surface area contributed by atoms with Gasteiger partial charge in [0, 0.05) is 11.7 Å². The van der Waals surface area contributed by atoms with E-state index in [0.29, 0.717) is 11.8 Å². The smallest absolute Gasteiger partial charge is 0.238 e. The summed E-state index contributed by atoms with van der Waals surface area (Å²) < 4.78 is 0. The minimum absolute atomic E-state index is 0.00308. The number of nitrogens with zero attached hydrogens (tertiary/aromatic N) is 1. The summed E-state index contributed by atoms with van der Waals surface area (Å²) >= 11 is 0. The number of aryl methyl sites for hydroxylation is 2. The number of carbonyl (C=O) groups excluding carboxylic acids is 2. The number of likely N-dealkylation sites (N-methyl/N-ethyl adjacent to an activating group) is 1. The van der Waals surface area contributed by atoms with Gasteiger partial charge in [-0.15, -0.1) is 0 Å². The summed E-state index contributed by atoms with van der Waals surface area (Å²) in [6.07, 6.45) is 3.45. The van der Waals surface area contributed by atoms with Crippen LogP contribution in [0.3, 0.4) is 0 Å². The Morgan fingerprint density at radius 2 is 1.81 bits per heavy atom. The fourth-order valence-corrected chi connectivity index (χ4v) is 3.84. The molecule has 1 aromatic rings. The fraction of sp³-hybridized carbons (Fsp3) is 0.636. The van der Waals surface area contributed by atoms with Crippen molar-refractivity contribution in [2.45, 2.75) is 66.0 Å². The first-order valence-corrected chi connectivity index (χ1v) is 10.1. The molecule has 4 atom stereocenters. The number of hydrogen-bond acceptors (Lipinski definition) is 3. The number of anilines is 1. The molecule has 1 fully saturated rings. The molecule has 0 radical (unpaired) electrons. The van der Waals surface area contributed by atoms with Gasteiger partial charge in [0.05, 0.1) is 12.6 Å². The van der Waals surface area contributed by atoms with Gasteiger partial charge in [-0.1, -0.05) is 44.9 Å². The third kappa shape index (κ3) is 5.55. The van der Waals surface area contributed by atoms with E-state index in [9.17, 15) is 9.59 Å². The molecule has 0 aliphatic heterocycles. The van der Waals surface area contributed by atoms with E-state index in [1.54, 1.807) is 4.90 Å². The molecule has 1 saturated carbocycles. The average molecular weight is 374 g/mol. The molecular weight excluding hydrogens is 338 g/mol.